The zero-order chi connectivity index (χ0) is 23.7. The van der Waals surface area contributed by atoms with Crippen molar-refractivity contribution in [1.29, 1.82) is 0 Å². The Labute approximate surface area is 196 Å². The Hall–Kier alpha value is -3.88. The number of nitrogens with one attached hydrogen (secondary N) is 2. The smallest absolute Gasteiger partial charge is 0.336 e. The molecule has 2 N–H and O–H groups in total. The number of aromatic amines is 1. The average molecular weight is 475 g/mol. The third-order valence-electron chi connectivity index (χ3n) is 5.89. The lowest BCUT2D eigenvalue weighted by molar-refractivity contribution is 0.414. The topological polar surface area (TPSA) is 101 Å². The molecule has 1 unspecified atom stereocenters. The number of rotatable bonds is 7. The fourth-order valence-corrected chi connectivity index (χ4v) is 5.20. The van der Waals surface area contributed by atoms with Gasteiger partial charge in [-0.1, -0.05) is 30.3 Å². The number of aromatic nitrogens is 1. The maximum absolute atomic E-state index is 13.2. The van der Waals surface area contributed by atoms with Crippen LogP contribution in [-0.4, -0.2) is 27.1 Å². The van der Waals surface area contributed by atoms with E-state index in [-0.39, 0.29) is 17.4 Å². The second-order valence-electron chi connectivity index (χ2n) is 7.92. The van der Waals surface area contributed by atoms with Gasteiger partial charge in [0.1, 0.15) is 11.3 Å². The molecule has 0 amide bonds. The van der Waals surface area contributed by atoms with Crippen LogP contribution in [0.3, 0.4) is 0 Å². The number of benzene rings is 3. The first-order chi connectivity index (χ1) is 16.4. The molecule has 5 rings (SSSR count). The van der Waals surface area contributed by atoms with Crippen molar-refractivity contribution in [1.82, 2.24) is 9.71 Å². The molecule has 3 aromatic carbocycles. The molecule has 5 aromatic rings. The molecule has 0 aliphatic rings. The molecule has 0 saturated heterocycles. The van der Waals surface area contributed by atoms with Crippen LogP contribution in [0.4, 0.5) is 0 Å². The van der Waals surface area contributed by atoms with Gasteiger partial charge in [-0.2, -0.15) is 0 Å². The van der Waals surface area contributed by atoms with Gasteiger partial charge in [0.15, 0.2) is 0 Å². The van der Waals surface area contributed by atoms with Crippen LogP contribution in [0.5, 0.6) is 5.75 Å². The van der Waals surface area contributed by atoms with E-state index in [9.17, 15) is 13.2 Å². The average Bonchev–Trinajstić information content (AvgIpc) is 3.28. The van der Waals surface area contributed by atoms with Crippen LogP contribution in [-0.2, 0) is 10.0 Å². The second kappa shape index (κ2) is 8.81. The predicted molar refractivity (Wildman–Crippen MR) is 131 cm³/mol. The highest BCUT2D eigenvalue weighted by Crippen LogP contribution is 2.32. The highest BCUT2D eigenvalue weighted by atomic mass is 32.2. The summed E-state index contributed by atoms with van der Waals surface area (Å²) < 4.78 is 39.5. The maximum atomic E-state index is 13.2. The van der Waals surface area contributed by atoms with Gasteiger partial charge in [-0.15, -0.1) is 0 Å². The van der Waals surface area contributed by atoms with E-state index in [4.69, 9.17) is 9.15 Å². The van der Waals surface area contributed by atoms with Gasteiger partial charge < -0.3 is 14.1 Å². The van der Waals surface area contributed by atoms with Crippen molar-refractivity contribution >= 4 is 31.9 Å². The number of sulfonamides is 1. The molecule has 0 fully saturated rings. The van der Waals surface area contributed by atoms with Crippen LogP contribution in [0.1, 0.15) is 17.0 Å². The number of methoxy groups -OCH3 is 1. The summed E-state index contributed by atoms with van der Waals surface area (Å²) in [5.41, 5.74) is 2.77. The van der Waals surface area contributed by atoms with Crippen molar-refractivity contribution in [2.75, 3.05) is 13.7 Å². The number of ether oxygens (including phenoxy) is 1. The number of fused-ring (bicyclic) bond motifs is 2. The summed E-state index contributed by atoms with van der Waals surface area (Å²) in [6.07, 6.45) is 1.92. The minimum absolute atomic E-state index is 0.0984. The summed E-state index contributed by atoms with van der Waals surface area (Å²) in [6, 6.07) is 22.8. The Kier molecular flexibility index (Phi) is 5.69. The minimum atomic E-state index is -3.83. The van der Waals surface area contributed by atoms with E-state index in [2.05, 4.69) is 9.71 Å². The minimum Gasteiger partial charge on any atom is -0.497 e. The predicted octanol–water partition coefficient (Wildman–Crippen LogP) is 4.39. The molecule has 2 heterocycles. The third-order valence-corrected chi connectivity index (χ3v) is 7.31. The Bertz CT molecular complexity index is 1640. The van der Waals surface area contributed by atoms with Gasteiger partial charge in [-0.3, -0.25) is 0 Å². The molecule has 172 valence electrons. The molecule has 0 aliphatic heterocycles. The van der Waals surface area contributed by atoms with Crippen LogP contribution in [0.25, 0.3) is 21.9 Å². The molecule has 2 aromatic heterocycles. The lowest BCUT2D eigenvalue weighted by atomic mass is 9.91. The first-order valence-corrected chi connectivity index (χ1v) is 12.2. The highest BCUT2D eigenvalue weighted by molar-refractivity contribution is 7.89. The molecular formula is C26H22N2O5S. The number of para-hydroxylation sites is 1. The SMILES string of the molecule is COc1ccc(C(CNS(=O)(=O)c2ccc3oc(=O)ccc3c2)c2c[nH]c3ccccc23)cc1. The van der Waals surface area contributed by atoms with Crippen molar-refractivity contribution in [2.45, 2.75) is 10.8 Å². The van der Waals surface area contributed by atoms with Crippen LogP contribution < -0.4 is 15.1 Å². The first kappa shape index (κ1) is 21.9. The van der Waals surface area contributed by atoms with Crippen molar-refractivity contribution in [2.24, 2.45) is 0 Å². The summed E-state index contributed by atoms with van der Waals surface area (Å²) in [4.78, 5) is 14.8. The van der Waals surface area contributed by atoms with Gasteiger partial charge in [-0.25, -0.2) is 17.9 Å². The maximum Gasteiger partial charge on any atom is 0.336 e. The van der Waals surface area contributed by atoms with Gasteiger partial charge in [0.05, 0.1) is 12.0 Å². The molecule has 0 spiro atoms. The largest absolute Gasteiger partial charge is 0.497 e. The number of hydrogen-bond donors (Lipinski definition) is 2. The third kappa shape index (κ3) is 4.21. The highest BCUT2D eigenvalue weighted by Gasteiger charge is 2.22. The molecule has 1 atom stereocenters. The van der Waals surface area contributed by atoms with Crippen LogP contribution >= 0.6 is 0 Å². The molecule has 0 saturated carbocycles. The molecule has 0 radical (unpaired) electrons. The van der Waals surface area contributed by atoms with E-state index in [0.29, 0.717) is 11.0 Å². The van der Waals surface area contributed by atoms with Gasteiger partial charge in [-0.05, 0) is 53.6 Å². The standard InChI is InChI=1S/C26H22N2O5S/c1-32-19-9-6-17(7-10-19)22(23-15-27-24-5-3-2-4-21(23)24)16-28-34(30,31)20-11-12-25-18(14-20)8-13-26(29)33-25/h2-15,22,27-28H,16H2,1H3. The monoisotopic (exact) mass is 474 g/mol. The van der Waals surface area contributed by atoms with Crippen molar-refractivity contribution in [3.8, 4) is 5.75 Å². The van der Waals surface area contributed by atoms with Gasteiger partial charge in [0, 0.05) is 41.0 Å². The Morgan fingerprint density at radius 3 is 2.59 bits per heavy atom. The zero-order valence-corrected chi connectivity index (χ0v) is 19.1. The fourth-order valence-electron chi connectivity index (χ4n) is 4.12. The van der Waals surface area contributed by atoms with E-state index < -0.39 is 15.6 Å². The summed E-state index contributed by atoms with van der Waals surface area (Å²) in [5.74, 6) is 0.486. The van der Waals surface area contributed by atoms with Crippen LogP contribution in [0, 0.1) is 0 Å². The molecule has 34 heavy (non-hydrogen) atoms. The van der Waals surface area contributed by atoms with E-state index in [1.54, 1.807) is 13.2 Å². The van der Waals surface area contributed by atoms with Crippen molar-refractivity contribution in [3.05, 3.63) is 107 Å². The van der Waals surface area contributed by atoms with Gasteiger partial charge in [0.25, 0.3) is 0 Å². The van der Waals surface area contributed by atoms with E-state index in [1.165, 1.54) is 24.3 Å². The van der Waals surface area contributed by atoms with E-state index in [1.807, 2.05) is 54.7 Å². The fraction of sp³-hybridized carbons (Fsp3) is 0.115. The quantitative estimate of drug-likeness (QED) is 0.341. The molecule has 0 aliphatic carbocycles. The molecular weight excluding hydrogens is 452 g/mol. The second-order valence-corrected chi connectivity index (χ2v) is 9.69. The molecule has 8 heteroatoms. The number of H-pyrrole nitrogens is 1. The Balaban J connectivity index is 1.49. The Morgan fingerprint density at radius 1 is 1.00 bits per heavy atom. The van der Waals surface area contributed by atoms with Crippen molar-refractivity contribution in [3.63, 3.8) is 0 Å². The summed E-state index contributed by atoms with van der Waals surface area (Å²) in [7, 11) is -2.22. The van der Waals surface area contributed by atoms with Gasteiger partial charge >= 0.3 is 5.63 Å². The van der Waals surface area contributed by atoms with E-state index >= 15 is 0 Å². The Morgan fingerprint density at radius 2 is 1.79 bits per heavy atom. The normalized spacial score (nSPS) is 12.7. The van der Waals surface area contributed by atoms with Gasteiger partial charge in [0.2, 0.25) is 10.0 Å². The number of hydrogen-bond acceptors (Lipinski definition) is 5. The zero-order valence-electron chi connectivity index (χ0n) is 18.3. The van der Waals surface area contributed by atoms with Crippen LogP contribution in [0.15, 0.2) is 99.2 Å². The lowest BCUT2D eigenvalue weighted by Crippen LogP contribution is -2.29. The van der Waals surface area contributed by atoms with Crippen LogP contribution in [0.2, 0.25) is 0 Å². The van der Waals surface area contributed by atoms with Crippen molar-refractivity contribution < 1.29 is 17.6 Å². The lowest BCUT2D eigenvalue weighted by Gasteiger charge is -2.19. The summed E-state index contributed by atoms with van der Waals surface area (Å²) >= 11 is 0. The summed E-state index contributed by atoms with van der Waals surface area (Å²) in [6.45, 7) is 0.151. The molecule has 7 nitrogen and oxygen atoms in total. The summed E-state index contributed by atoms with van der Waals surface area (Å²) in [5, 5.41) is 1.56. The molecule has 0 bridgehead atoms. The first-order valence-electron chi connectivity index (χ1n) is 10.7. The van der Waals surface area contributed by atoms with E-state index in [0.717, 1.165) is 27.8 Å².